The molecule has 8 nitrogen and oxygen atoms in total. The molecule has 174 valence electrons. The third kappa shape index (κ3) is 4.79. The van der Waals surface area contributed by atoms with Gasteiger partial charge in [0, 0.05) is 42.3 Å². The molecule has 1 aliphatic heterocycles. The van der Waals surface area contributed by atoms with E-state index in [0.29, 0.717) is 25.2 Å². The SMILES string of the molecule is CC(C(=O)NCc1ccc(C(N)=O)cc1)n1ccc2cc(S(=O)(=O)N3CCCCC3)ccc21. The Bertz CT molecular complexity index is 1280. The maximum absolute atomic E-state index is 13.0. The number of fused-ring (bicyclic) bond motifs is 1. The lowest BCUT2D eigenvalue weighted by atomic mass is 10.1. The number of hydrogen-bond acceptors (Lipinski definition) is 4. The summed E-state index contributed by atoms with van der Waals surface area (Å²) in [6, 6.07) is 13.2. The van der Waals surface area contributed by atoms with E-state index in [9.17, 15) is 18.0 Å². The van der Waals surface area contributed by atoms with Gasteiger partial charge < -0.3 is 15.6 Å². The van der Waals surface area contributed by atoms with Gasteiger partial charge >= 0.3 is 0 Å². The zero-order valence-electron chi connectivity index (χ0n) is 18.5. The van der Waals surface area contributed by atoms with Gasteiger partial charge in [-0.25, -0.2) is 8.42 Å². The molecule has 33 heavy (non-hydrogen) atoms. The molecule has 0 saturated carbocycles. The van der Waals surface area contributed by atoms with Gasteiger partial charge in [-0.1, -0.05) is 18.6 Å². The molecule has 2 aromatic carbocycles. The molecule has 4 rings (SSSR count). The normalized spacial score (nSPS) is 15.9. The van der Waals surface area contributed by atoms with Crippen molar-refractivity contribution in [3.63, 3.8) is 0 Å². The molecule has 9 heteroatoms. The van der Waals surface area contributed by atoms with Gasteiger partial charge in [-0.2, -0.15) is 4.31 Å². The van der Waals surface area contributed by atoms with E-state index in [1.165, 1.54) is 0 Å². The number of sulfonamides is 1. The lowest BCUT2D eigenvalue weighted by molar-refractivity contribution is -0.123. The number of rotatable bonds is 7. The molecule has 3 N–H and O–H groups in total. The summed E-state index contributed by atoms with van der Waals surface area (Å²) >= 11 is 0. The molecule has 0 spiro atoms. The maximum Gasteiger partial charge on any atom is 0.248 e. The molecular weight excluding hydrogens is 440 g/mol. The minimum Gasteiger partial charge on any atom is -0.366 e. The van der Waals surface area contributed by atoms with E-state index in [2.05, 4.69) is 5.32 Å². The quantitative estimate of drug-likeness (QED) is 0.555. The van der Waals surface area contributed by atoms with Gasteiger partial charge in [0.25, 0.3) is 0 Å². The third-order valence-corrected chi connectivity index (χ3v) is 8.04. The van der Waals surface area contributed by atoms with Crippen molar-refractivity contribution in [1.29, 1.82) is 0 Å². The van der Waals surface area contributed by atoms with Crippen molar-refractivity contribution < 1.29 is 18.0 Å². The fourth-order valence-electron chi connectivity index (χ4n) is 4.14. The summed E-state index contributed by atoms with van der Waals surface area (Å²) < 4.78 is 29.4. The van der Waals surface area contributed by atoms with E-state index in [1.54, 1.807) is 59.9 Å². The molecule has 1 aliphatic rings. The second-order valence-corrected chi connectivity index (χ2v) is 10.3. The van der Waals surface area contributed by atoms with Crippen molar-refractivity contribution in [2.45, 2.75) is 43.7 Å². The van der Waals surface area contributed by atoms with Gasteiger partial charge in [-0.3, -0.25) is 9.59 Å². The number of nitrogens with zero attached hydrogens (tertiary/aromatic N) is 2. The van der Waals surface area contributed by atoms with Crippen LogP contribution in [0.2, 0.25) is 0 Å². The van der Waals surface area contributed by atoms with Crippen LogP contribution in [-0.4, -0.2) is 42.2 Å². The van der Waals surface area contributed by atoms with Crippen LogP contribution in [0.4, 0.5) is 0 Å². The lowest BCUT2D eigenvalue weighted by Gasteiger charge is -2.26. The number of aromatic nitrogens is 1. The van der Waals surface area contributed by atoms with Crippen molar-refractivity contribution in [1.82, 2.24) is 14.2 Å². The van der Waals surface area contributed by atoms with Gasteiger partial charge in [0.2, 0.25) is 21.8 Å². The van der Waals surface area contributed by atoms with E-state index >= 15 is 0 Å². The minimum absolute atomic E-state index is 0.170. The Labute approximate surface area is 193 Å². The van der Waals surface area contributed by atoms with Gasteiger partial charge in [0.1, 0.15) is 6.04 Å². The van der Waals surface area contributed by atoms with Crippen LogP contribution in [0.1, 0.15) is 48.1 Å². The van der Waals surface area contributed by atoms with E-state index in [0.717, 1.165) is 35.7 Å². The third-order valence-electron chi connectivity index (χ3n) is 6.15. The van der Waals surface area contributed by atoms with Crippen LogP contribution >= 0.6 is 0 Å². The lowest BCUT2D eigenvalue weighted by Crippen LogP contribution is -2.35. The monoisotopic (exact) mass is 468 g/mol. The first-order valence-corrected chi connectivity index (χ1v) is 12.5. The largest absolute Gasteiger partial charge is 0.366 e. The predicted molar refractivity (Wildman–Crippen MR) is 126 cm³/mol. The maximum atomic E-state index is 13.0. The molecule has 2 heterocycles. The van der Waals surface area contributed by atoms with Crippen LogP contribution in [0.15, 0.2) is 59.6 Å². The number of carbonyl (C=O) groups excluding carboxylic acids is 2. The zero-order chi connectivity index (χ0) is 23.6. The molecule has 0 radical (unpaired) electrons. The Balaban J connectivity index is 1.47. The molecule has 1 aromatic heterocycles. The molecule has 1 unspecified atom stereocenters. The summed E-state index contributed by atoms with van der Waals surface area (Å²) in [5.41, 5.74) is 7.31. The summed E-state index contributed by atoms with van der Waals surface area (Å²) in [6.45, 7) is 3.23. The average molecular weight is 469 g/mol. The van der Waals surface area contributed by atoms with Crippen LogP contribution in [0, 0.1) is 0 Å². The predicted octanol–water partition coefficient (Wildman–Crippen LogP) is 2.79. The van der Waals surface area contributed by atoms with Crippen LogP contribution < -0.4 is 11.1 Å². The Hall–Kier alpha value is -3.17. The number of carbonyl (C=O) groups is 2. The minimum atomic E-state index is -3.51. The number of benzene rings is 2. The van der Waals surface area contributed by atoms with Gasteiger partial charge in [0.15, 0.2) is 0 Å². The van der Waals surface area contributed by atoms with Gasteiger partial charge in [0.05, 0.1) is 4.90 Å². The van der Waals surface area contributed by atoms with Crippen LogP contribution in [-0.2, 0) is 21.4 Å². The second kappa shape index (κ2) is 9.36. The van der Waals surface area contributed by atoms with E-state index in [1.807, 2.05) is 10.6 Å². The van der Waals surface area contributed by atoms with Crippen molar-refractivity contribution in [3.05, 3.63) is 65.9 Å². The summed E-state index contributed by atoms with van der Waals surface area (Å²) in [4.78, 5) is 24.2. The number of primary amides is 1. The Morgan fingerprint density at radius 1 is 1.03 bits per heavy atom. The highest BCUT2D eigenvalue weighted by Crippen LogP contribution is 2.26. The molecular formula is C24H28N4O4S. The molecule has 3 aromatic rings. The van der Waals surface area contributed by atoms with E-state index < -0.39 is 22.0 Å². The number of piperidine rings is 1. The van der Waals surface area contributed by atoms with Crippen molar-refractivity contribution in [2.24, 2.45) is 5.73 Å². The summed E-state index contributed by atoms with van der Waals surface area (Å²) in [5, 5.41) is 3.67. The molecule has 0 bridgehead atoms. The number of nitrogens with one attached hydrogen (secondary N) is 1. The molecule has 1 saturated heterocycles. The van der Waals surface area contributed by atoms with Crippen molar-refractivity contribution in [2.75, 3.05) is 13.1 Å². The highest BCUT2D eigenvalue weighted by molar-refractivity contribution is 7.89. The first-order valence-electron chi connectivity index (χ1n) is 11.0. The standard InChI is InChI=1S/C24H28N4O4S/c1-17(24(30)26-16-18-5-7-19(8-6-18)23(25)29)28-14-11-20-15-21(9-10-22(20)28)33(31,32)27-12-3-2-4-13-27/h5-11,14-15,17H,2-4,12-13,16H2,1H3,(H2,25,29)(H,26,30). The van der Waals surface area contributed by atoms with Crippen LogP contribution in [0.5, 0.6) is 0 Å². The molecule has 1 fully saturated rings. The smallest absolute Gasteiger partial charge is 0.248 e. The first kappa shape index (κ1) is 23.0. The van der Waals surface area contributed by atoms with Crippen molar-refractivity contribution >= 4 is 32.7 Å². The zero-order valence-corrected chi connectivity index (χ0v) is 19.3. The summed E-state index contributed by atoms with van der Waals surface area (Å²) in [5.74, 6) is -0.665. The van der Waals surface area contributed by atoms with Gasteiger partial charge in [-0.05, 0) is 61.7 Å². The highest BCUT2D eigenvalue weighted by atomic mass is 32.2. The fraction of sp³-hybridized carbons (Fsp3) is 0.333. The molecule has 1 atom stereocenters. The first-order chi connectivity index (χ1) is 15.8. The van der Waals surface area contributed by atoms with Crippen molar-refractivity contribution in [3.8, 4) is 0 Å². The Kier molecular flexibility index (Phi) is 6.53. The summed E-state index contributed by atoms with van der Waals surface area (Å²) in [7, 11) is -3.51. The number of hydrogen-bond donors (Lipinski definition) is 2. The van der Waals surface area contributed by atoms with E-state index in [4.69, 9.17) is 5.73 Å². The number of amides is 2. The Morgan fingerprint density at radius 3 is 2.39 bits per heavy atom. The Morgan fingerprint density at radius 2 is 1.73 bits per heavy atom. The highest BCUT2D eigenvalue weighted by Gasteiger charge is 2.26. The van der Waals surface area contributed by atoms with Crippen LogP contribution in [0.25, 0.3) is 10.9 Å². The number of nitrogens with two attached hydrogens (primary N) is 1. The molecule has 2 amide bonds. The molecule has 0 aliphatic carbocycles. The van der Waals surface area contributed by atoms with Crippen LogP contribution in [0.3, 0.4) is 0 Å². The van der Waals surface area contributed by atoms with E-state index in [-0.39, 0.29) is 10.8 Å². The topological polar surface area (TPSA) is 114 Å². The second-order valence-electron chi connectivity index (χ2n) is 8.36. The van der Waals surface area contributed by atoms with Gasteiger partial charge in [-0.15, -0.1) is 0 Å². The summed E-state index contributed by atoms with van der Waals surface area (Å²) in [6.07, 6.45) is 4.64. The fourth-order valence-corrected chi connectivity index (χ4v) is 5.70. The average Bonchev–Trinajstić information content (AvgIpc) is 3.26.